The second-order valence-corrected chi connectivity index (χ2v) is 6.94. The predicted molar refractivity (Wildman–Crippen MR) is 82.9 cm³/mol. The topological polar surface area (TPSA) is 40.5 Å². The van der Waals surface area contributed by atoms with E-state index in [0.29, 0.717) is 10.6 Å². The van der Waals surface area contributed by atoms with E-state index in [1.54, 1.807) is 4.90 Å². The maximum absolute atomic E-state index is 13.4. The molecule has 2 saturated carbocycles. The molecule has 2 aliphatic carbocycles. The molecule has 1 aromatic rings. The average Bonchev–Trinajstić information content (AvgIpc) is 2.42. The van der Waals surface area contributed by atoms with Gasteiger partial charge in [-0.3, -0.25) is 4.79 Å². The number of hydrogen-bond donors (Lipinski definition) is 1. The number of nitrogens with zero attached hydrogens (tertiary/aromatic N) is 1. The fourth-order valence-electron chi connectivity index (χ4n) is 3.79. The van der Waals surface area contributed by atoms with E-state index >= 15 is 0 Å². The second kappa shape index (κ2) is 5.67. The Balaban J connectivity index is 1.72. The van der Waals surface area contributed by atoms with E-state index in [0.717, 1.165) is 25.7 Å². The van der Waals surface area contributed by atoms with Gasteiger partial charge in [0.2, 0.25) is 5.91 Å². The van der Waals surface area contributed by atoms with Crippen LogP contribution in [0.4, 0.5) is 4.39 Å². The second-order valence-electron chi connectivity index (χ2n) is 6.53. The van der Waals surface area contributed by atoms with Gasteiger partial charge in [0.25, 0.3) is 0 Å². The third-order valence-electron chi connectivity index (χ3n) is 4.92. The number of aliphatic hydroxyl groups excluding tert-OH is 1. The number of carbonyl (C=O) groups excluding carboxylic acids is 1. The number of halogens is 2. The molecule has 0 saturated heterocycles. The highest BCUT2D eigenvalue weighted by atomic mass is 35.5. The Labute approximate surface area is 134 Å². The molecular formula is C17H19ClFNO2. The minimum atomic E-state index is -0.363. The highest BCUT2D eigenvalue weighted by Gasteiger charge is 2.54. The van der Waals surface area contributed by atoms with E-state index in [2.05, 4.69) is 6.58 Å². The first-order valence-corrected chi connectivity index (χ1v) is 7.85. The lowest BCUT2D eigenvalue weighted by Crippen LogP contribution is -2.58. The minimum Gasteiger partial charge on any atom is -0.393 e. The smallest absolute Gasteiger partial charge is 0.246 e. The summed E-state index contributed by atoms with van der Waals surface area (Å²) in [7, 11) is 0. The van der Waals surface area contributed by atoms with Crippen molar-refractivity contribution >= 4 is 17.5 Å². The number of aliphatic hydroxyl groups is 1. The third kappa shape index (κ3) is 2.77. The van der Waals surface area contributed by atoms with Gasteiger partial charge in [-0.15, -0.1) is 0 Å². The number of hydrogen-bond acceptors (Lipinski definition) is 2. The van der Waals surface area contributed by atoms with Gasteiger partial charge in [0.05, 0.1) is 6.10 Å². The van der Waals surface area contributed by atoms with Crippen molar-refractivity contribution in [1.29, 1.82) is 0 Å². The average molecular weight is 324 g/mol. The first-order chi connectivity index (χ1) is 10.4. The summed E-state index contributed by atoms with van der Waals surface area (Å²) in [6.07, 6.45) is 4.50. The largest absolute Gasteiger partial charge is 0.393 e. The van der Waals surface area contributed by atoms with E-state index in [9.17, 15) is 14.3 Å². The van der Waals surface area contributed by atoms with Gasteiger partial charge in [0, 0.05) is 17.6 Å². The van der Waals surface area contributed by atoms with Crippen molar-refractivity contribution in [2.75, 3.05) is 0 Å². The summed E-state index contributed by atoms with van der Waals surface area (Å²) in [5.41, 5.74) is 0.807. The Bertz CT molecular complexity index is 605. The van der Waals surface area contributed by atoms with Gasteiger partial charge in [-0.1, -0.05) is 18.2 Å². The Morgan fingerprint density at radius 1 is 1.45 bits per heavy atom. The Morgan fingerprint density at radius 3 is 2.73 bits per heavy atom. The summed E-state index contributed by atoms with van der Waals surface area (Å²) in [6.45, 7) is 3.83. The van der Waals surface area contributed by atoms with Crippen molar-refractivity contribution in [2.24, 2.45) is 5.41 Å². The SMILES string of the molecule is C=CC(=O)N(Cc1cc(F)ccc1Cl)C1CC2(CC(O)C2)C1. The Morgan fingerprint density at radius 2 is 2.14 bits per heavy atom. The predicted octanol–water partition coefficient (Wildman–Crippen LogP) is 3.30. The van der Waals surface area contributed by atoms with Crippen molar-refractivity contribution in [3.63, 3.8) is 0 Å². The van der Waals surface area contributed by atoms with E-state index in [-0.39, 0.29) is 35.8 Å². The van der Waals surface area contributed by atoms with Gasteiger partial charge in [-0.25, -0.2) is 4.39 Å². The molecule has 2 aliphatic rings. The van der Waals surface area contributed by atoms with Crippen LogP contribution in [0.25, 0.3) is 0 Å². The summed E-state index contributed by atoms with van der Waals surface area (Å²) >= 11 is 6.10. The van der Waals surface area contributed by atoms with E-state index in [1.165, 1.54) is 24.3 Å². The van der Waals surface area contributed by atoms with Gasteiger partial charge in [-0.05, 0) is 60.9 Å². The van der Waals surface area contributed by atoms with Gasteiger partial charge in [0.1, 0.15) is 5.82 Å². The van der Waals surface area contributed by atoms with Crippen molar-refractivity contribution < 1.29 is 14.3 Å². The van der Waals surface area contributed by atoms with Crippen LogP contribution in [-0.4, -0.2) is 28.1 Å². The molecule has 0 atom stereocenters. The molecule has 1 amide bonds. The molecule has 1 spiro atoms. The quantitative estimate of drug-likeness (QED) is 0.864. The zero-order chi connectivity index (χ0) is 15.9. The zero-order valence-corrected chi connectivity index (χ0v) is 13.0. The molecule has 1 N–H and O–H groups in total. The fraction of sp³-hybridized carbons (Fsp3) is 0.471. The van der Waals surface area contributed by atoms with Crippen LogP contribution in [0.3, 0.4) is 0 Å². The highest BCUT2D eigenvalue weighted by Crippen LogP contribution is 2.57. The van der Waals surface area contributed by atoms with Crippen molar-refractivity contribution in [2.45, 2.75) is 44.4 Å². The Kier molecular flexibility index (Phi) is 4.00. The summed E-state index contributed by atoms with van der Waals surface area (Å²) in [4.78, 5) is 13.9. The molecule has 1 aromatic carbocycles. The molecule has 0 heterocycles. The molecule has 3 rings (SSSR count). The molecule has 118 valence electrons. The van der Waals surface area contributed by atoms with Gasteiger partial charge >= 0.3 is 0 Å². The maximum atomic E-state index is 13.4. The summed E-state index contributed by atoms with van der Waals surface area (Å²) in [6, 6.07) is 4.29. The zero-order valence-electron chi connectivity index (χ0n) is 12.3. The molecule has 3 nitrogen and oxygen atoms in total. The maximum Gasteiger partial charge on any atom is 0.246 e. The van der Waals surface area contributed by atoms with Crippen molar-refractivity contribution in [3.8, 4) is 0 Å². The Hall–Kier alpha value is -1.39. The van der Waals surface area contributed by atoms with Crippen LogP contribution in [0.5, 0.6) is 0 Å². The van der Waals surface area contributed by atoms with Gasteiger partial charge in [0.15, 0.2) is 0 Å². The molecular weight excluding hydrogens is 305 g/mol. The number of carbonyl (C=O) groups is 1. The van der Waals surface area contributed by atoms with Crippen LogP contribution < -0.4 is 0 Å². The summed E-state index contributed by atoms with van der Waals surface area (Å²) in [5, 5.41) is 9.93. The van der Waals surface area contributed by atoms with Crippen LogP contribution in [0.1, 0.15) is 31.2 Å². The molecule has 0 bridgehead atoms. The number of rotatable bonds is 4. The summed E-state index contributed by atoms with van der Waals surface area (Å²) in [5.74, 6) is -0.530. The first-order valence-electron chi connectivity index (χ1n) is 7.47. The number of benzene rings is 1. The lowest BCUT2D eigenvalue weighted by Gasteiger charge is -2.58. The normalized spacial score (nSPS) is 29.6. The molecule has 0 aliphatic heterocycles. The third-order valence-corrected chi connectivity index (χ3v) is 5.29. The van der Waals surface area contributed by atoms with Crippen LogP contribution in [0.2, 0.25) is 5.02 Å². The highest BCUT2D eigenvalue weighted by molar-refractivity contribution is 6.31. The van der Waals surface area contributed by atoms with Crippen LogP contribution in [0, 0.1) is 11.2 Å². The molecule has 0 radical (unpaired) electrons. The lowest BCUT2D eigenvalue weighted by molar-refractivity contribution is -0.148. The molecule has 0 aromatic heterocycles. The van der Waals surface area contributed by atoms with Crippen LogP contribution in [-0.2, 0) is 11.3 Å². The monoisotopic (exact) mass is 323 g/mol. The number of amides is 1. The molecule has 22 heavy (non-hydrogen) atoms. The molecule has 0 unspecified atom stereocenters. The van der Waals surface area contributed by atoms with E-state index in [1.807, 2.05) is 0 Å². The van der Waals surface area contributed by atoms with Crippen molar-refractivity contribution in [3.05, 3.63) is 47.3 Å². The van der Waals surface area contributed by atoms with E-state index < -0.39 is 0 Å². The van der Waals surface area contributed by atoms with Crippen LogP contribution in [0.15, 0.2) is 30.9 Å². The van der Waals surface area contributed by atoms with Crippen LogP contribution >= 0.6 is 11.6 Å². The fourth-order valence-corrected chi connectivity index (χ4v) is 3.96. The summed E-state index contributed by atoms with van der Waals surface area (Å²) < 4.78 is 13.4. The van der Waals surface area contributed by atoms with Gasteiger partial charge < -0.3 is 10.0 Å². The standard InChI is InChI=1S/C17H19ClFNO2/c1-2-16(22)20(10-11-5-12(19)3-4-15(11)18)13-6-17(7-13)8-14(21)9-17/h2-5,13-14,21H,1,6-10H2. The lowest BCUT2D eigenvalue weighted by atomic mass is 9.52. The molecule has 5 heteroatoms. The van der Waals surface area contributed by atoms with Gasteiger partial charge in [-0.2, -0.15) is 0 Å². The minimum absolute atomic E-state index is 0.109. The van der Waals surface area contributed by atoms with E-state index in [4.69, 9.17) is 11.6 Å². The van der Waals surface area contributed by atoms with Crippen molar-refractivity contribution in [1.82, 2.24) is 4.90 Å². The molecule has 2 fully saturated rings. The first kappa shape index (κ1) is 15.5.